The van der Waals surface area contributed by atoms with Crippen LogP contribution in [0.2, 0.25) is 0 Å². The minimum Gasteiger partial charge on any atom is -0.303 e. The van der Waals surface area contributed by atoms with Gasteiger partial charge in [0.2, 0.25) is 0 Å². The summed E-state index contributed by atoms with van der Waals surface area (Å²) in [5, 5.41) is 0. The highest BCUT2D eigenvalue weighted by atomic mass is 15.2. The monoisotopic (exact) mass is 314 g/mol. The molecular weight excluding hydrogens is 268 g/mol. The van der Waals surface area contributed by atoms with Crippen LogP contribution >= 0.6 is 0 Å². The largest absolute Gasteiger partial charge is 0.303 e. The molecule has 0 spiro atoms. The molecule has 0 atom stereocenters. The van der Waals surface area contributed by atoms with Crippen LogP contribution in [0.25, 0.3) is 0 Å². The smallest absolute Gasteiger partial charge is 0.00411 e. The average molecular weight is 315 g/mol. The lowest BCUT2D eigenvalue weighted by Gasteiger charge is -2.28. The Bertz CT molecular complexity index is 200. The van der Waals surface area contributed by atoms with Gasteiger partial charge in [-0.1, -0.05) is 48.5 Å². The Morgan fingerprint density at radius 2 is 0.818 bits per heavy atom. The van der Waals surface area contributed by atoms with Gasteiger partial charge in [-0.3, -0.25) is 4.90 Å². The third-order valence-corrected chi connectivity index (χ3v) is 3.56. The maximum Gasteiger partial charge on any atom is 0.00411 e. The van der Waals surface area contributed by atoms with Crippen molar-refractivity contribution in [3.63, 3.8) is 0 Å². The van der Waals surface area contributed by atoms with Gasteiger partial charge < -0.3 is 4.90 Å². The maximum atomic E-state index is 2.60. The molecule has 0 aromatic carbocycles. The van der Waals surface area contributed by atoms with Gasteiger partial charge in [0.1, 0.15) is 0 Å². The maximum absolute atomic E-state index is 2.60. The Balaban J connectivity index is 0. The third-order valence-electron chi connectivity index (χ3n) is 3.56. The minimum absolute atomic E-state index is 0.690. The molecule has 0 unspecified atom stereocenters. The van der Waals surface area contributed by atoms with Crippen LogP contribution in [0.1, 0.15) is 76.2 Å². The van der Waals surface area contributed by atoms with Crippen molar-refractivity contribution in [1.29, 1.82) is 0 Å². The Morgan fingerprint density at radius 1 is 0.545 bits per heavy atom. The lowest BCUT2D eigenvalue weighted by molar-refractivity contribution is 0.185. The molecule has 0 rings (SSSR count). The van der Waals surface area contributed by atoms with Gasteiger partial charge >= 0.3 is 0 Å². The molecule has 0 fully saturated rings. The molecule has 0 amide bonds. The van der Waals surface area contributed by atoms with Gasteiger partial charge in [-0.15, -0.1) is 0 Å². The summed E-state index contributed by atoms with van der Waals surface area (Å²) in [5.41, 5.74) is 0. The van der Waals surface area contributed by atoms with Crippen molar-refractivity contribution in [3.05, 3.63) is 0 Å². The summed E-state index contributed by atoms with van der Waals surface area (Å²) < 4.78 is 0. The van der Waals surface area contributed by atoms with E-state index in [1.807, 2.05) is 0 Å². The summed E-state index contributed by atoms with van der Waals surface area (Å²) in [6.45, 7) is 29.9. The van der Waals surface area contributed by atoms with E-state index in [1.165, 1.54) is 19.6 Å². The molecule has 2 heteroatoms. The summed E-state index contributed by atoms with van der Waals surface area (Å²) >= 11 is 0. The second-order valence-electron chi connectivity index (χ2n) is 8.42. The molecule has 0 aliphatic heterocycles. The Labute approximate surface area is 142 Å². The van der Waals surface area contributed by atoms with E-state index in [4.69, 9.17) is 0 Å². The van der Waals surface area contributed by atoms with Gasteiger partial charge in [0.15, 0.2) is 0 Å². The fraction of sp³-hybridized carbons (Fsp3) is 1.00. The second-order valence-corrected chi connectivity index (χ2v) is 8.42. The molecule has 0 aliphatic rings. The topological polar surface area (TPSA) is 6.48 Å². The summed E-state index contributed by atoms with van der Waals surface area (Å²) in [6.07, 6.45) is 0. The molecule has 0 bridgehead atoms. The van der Waals surface area contributed by atoms with Crippen molar-refractivity contribution < 1.29 is 0 Å². The van der Waals surface area contributed by atoms with E-state index < -0.39 is 0 Å². The zero-order valence-electron chi connectivity index (χ0n) is 17.6. The first-order chi connectivity index (χ1) is 10.0. The Hall–Kier alpha value is -0.0800. The molecule has 0 aromatic heterocycles. The van der Waals surface area contributed by atoms with Crippen LogP contribution < -0.4 is 0 Å². The van der Waals surface area contributed by atoms with E-state index >= 15 is 0 Å². The molecule has 0 aliphatic carbocycles. The molecule has 0 aromatic rings. The lowest BCUT2D eigenvalue weighted by Crippen LogP contribution is -2.36. The zero-order valence-corrected chi connectivity index (χ0v) is 17.6. The quantitative estimate of drug-likeness (QED) is 0.563. The first-order valence-corrected chi connectivity index (χ1v) is 9.49. The Morgan fingerprint density at radius 3 is 0.909 bits per heavy atom. The molecule has 0 heterocycles. The van der Waals surface area contributed by atoms with Gasteiger partial charge in [0, 0.05) is 31.7 Å². The van der Waals surface area contributed by atoms with E-state index in [0.717, 1.165) is 24.3 Å². The third kappa shape index (κ3) is 14.8. The average Bonchev–Trinajstić information content (AvgIpc) is 2.25. The van der Waals surface area contributed by atoms with Gasteiger partial charge in [-0.2, -0.15) is 0 Å². The van der Waals surface area contributed by atoms with E-state index in [-0.39, 0.29) is 0 Å². The van der Waals surface area contributed by atoms with Crippen LogP contribution in [0.5, 0.6) is 0 Å². The van der Waals surface area contributed by atoms with Crippen LogP contribution in [-0.2, 0) is 0 Å². The SMILES string of the molecule is CC(C)CN(CC(C)C)CC(C)C.CCN(C(C)C)C(C)C. The molecule has 2 nitrogen and oxygen atoms in total. The zero-order chi connectivity index (χ0) is 17.9. The van der Waals surface area contributed by atoms with E-state index in [2.05, 4.69) is 86.0 Å². The van der Waals surface area contributed by atoms with Crippen molar-refractivity contribution in [2.24, 2.45) is 17.8 Å². The second kappa shape index (κ2) is 13.4. The molecule has 0 saturated carbocycles. The lowest BCUT2D eigenvalue weighted by atomic mass is 10.1. The predicted molar refractivity (Wildman–Crippen MR) is 104 cm³/mol. The van der Waals surface area contributed by atoms with Crippen molar-refractivity contribution in [1.82, 2.24) is 9.80 Å². The summed E-state index contributed by atoms with van der Waals surface area (Å²) in [5.74, 6) is 2.37. The molecular formula is C20H46N2. The first kappa shape index (κ1) is 24.2. The van der Waals surface area contributed by atoms with Crippen LogP contribution in [0.15, 0.2) is 0 Å². The van der Waals surface area contributed by atoms with Gasteiger partial charge in [0.25, 0.3) is 0 Å². The highest BCUT2D eigenvalue weighted by molar-refractivity contribution is 4.64. The van der Waals surface area contributed by atoms with Gasteiger partial charge in [-0.05, 0) is 52.0 Å². The van der Waals surface area contributed by atoms with Crippen LogP contribution in [0.3, 0.4) is 0 Å². The first-order valence-electron chi connectivity index (χ1n) is 9.49. The van der Waals surface area contributed by atoms with Gasteiger partial charge in [0.05, 0.1) is 0 Å². The summed E-state index contributed by atoms with van der Waals surface area (Å²) in [7, 11) is 0. The molecule has 136 valence electrons. The van der Waals surface area contributed by atoms with E-state index in [9.17, 15) is 0 Å². The summed E-state index contributed by atoms with van der Waals surface area (Å²) in [4.78, 5) is 5.06. The predicted octanol–water partition coefficient (Wildman–Crippen LogP) is 5.38. The number of nitrogens with zero attached hydrogens (tertiary/aromatic N) is 2. The number of hydrogen-bond acceptors (Lipinski definition) is 2. The fourth-order valence-corrected chi connectivity index (χ4v) is 3.10. The molecule has 0 radical (unpaired) electrons. The standard InChI is InChI=1S/C12H27N.C8H19N/c1-10(2)7-13(8-11(3)4)9-12(5)6;1-6-9(7(2)3)8(4)5/h10-12H,7-9H2,1-6H3;7-8H,6H2,1-5H3. The number of rotatable bonds is 9. The molecule has 22 heavy (non-hydrogen) atoms. The summed E-state index contributed by atoms with van der Waals surface area (Å²) in [6, 6.07) is 1.38. The van der Waals surface area contributed by atoms with Crippen molar-refractivity contribution in [2.45, 2.75) is 88.2 Å². The highest BCUT2D eigenvalue weighted by Gasteiger charge is 2.10. The van der Waals surface area contributed by atoms with Crippen LogP contribution in [0.4, 0.5) is 0 Å². The normalized spacial score (nSPS) is 12.3. The van der Waals surface area contributed by atoms with Crippen LogP contribution in [-0.4, -0.2) is 48.1 Å². The van der Waals surface area contributed by atoms with Crippen molar-refractivity contribution in [2.75, 3.05) is 26.2 Å². The van der Waals surface area contributed by atoms with Gasteiger partial charge in [-0.25, -0.2) is 0 Å². The number of hydrogen-bond donors (Lipinski definition) is 0. The van der Waals surface area contributed by atoms with E-state index in [0.29, 0.717) is 12.1 Å². The molecule has 0 N–H and O–H groups in total. The Kier molecular flexibility index (Phi) is 14.7. The fourth-order valence-electron chi connectivity index (χ4n) is 3.10. The van der Waals surface area contributed by atoms with E-state index in [1.54, 1.807) is 0 Å². The molecule has 0 saturated heterocycles. The minimum atomic E-state index is 0.690. The van der Waals surface area contributed by atoms with Crippen molar-refractivity contribution >= 4 is 0 Å². The van der Waals surface area contributed by atoms with Crippen molar-refractivity contribution in [3.8, 4) is 0 Å². The highest BCUT2D eigenvalue weighted by Crippen LogP contribution is 2.06. The van der Waals surface area contributed by atoms with Crippen LogP contribution in [0, 0.1) is 17.8 Å².